The molecule has 1 aromatic rings. The second-order valence-electron chi connectivity index (χ2n) is 4.18. The summed E-state index contributed by atoms with van der Waals surface area (Å²) in [5.41, 5.74) is 1.12. The second kappa shape index (κ2) is 5.68. The molecule has 1 saturated heterocycles. The Morgan fingerprint density at radius 1 is 1.29 bits per heavy atom. The van der Waals surface area contributed by atoms with E-state index in [2.05, 4.69) is 5.32 Å². The monoisotopic (exact) mass is 234 g/mol. The van der Waals surface area contributed by atoms with E-state index < -0.39 is 0 Å². The van der Waals surface area contributed by atoms with Crippen LogP contribution in [0.1, 0.15) is 18.5 Å². The maximum absolute atomic E-state index is 11.9. The van der Waals surface area contributed by atoms with Crippen LogP contribution in [-0.2, 0) is 4.74 Å². The zero-order valence-corrected chi connectivity index (χ0v) is 10.1. The Kier molecular flexibility index (Phi) is 3.98. The molecule has 0 bridgehead atoms. The number of hydrogen-bond donors (Lipinski definition) is 1. The van der Waals surface area contributed by atoms with Crippen molar-refractivity contribution in [3.05, 3.63) is 35.9 Å². The Labute approximate surface area is 102 Å². The maximum Gasteiger partial charge on any atom is 0.318 e. The highest BCUT2D eigenvalue weighted by Crippen LogP contribution is 2.11. The maximum atomic E-state index is 11.9. The van der Waals surface area contributed by atoms with Gasteiger partial charge in [-0.25, -0.2) is 4.79 Å². The molecule has 0 aliphatic carbocycles. The number of ether oxygens (including phenoxy) is 1. The van der Waals surface area contributed by atoms with Crippen molar-refractivity contribution >= 4 is 6.03 Å². The lowest BCUT2D eigenvalue weighted by Crippen LogP contribution is -2.46. The molecule has 0 aromatic heterocycles. The lowest BCUT2D eigenvalue weighted by Gasteiger charge is -2.28. The molecule has 17 heavy (non-hydrogen) atoms. The van der Waals surface area contributed by atoms with Gasteiger partial charge in [0.1, 0.15) is 0 Å². The summed E-state index contributed by atoms with van der Waals surface area (Å²) in [6.45, 7) is 4.61. The van der Waals surface area contributed by atoms with E-state index in [1.54, 1.807) is 4.90 Å². The summed E-state index contributed by atoms with van der Waals surface area (Å²) in [4.78, 5) is 13.7. The predicted molar refractivity (Wildman–Crippen MR) is 65.8 cm³/mol. The highest BCUT2D eigenvalue weighted by molar-refractivity contribution is 5.74. The summed E-state index contributed by atoms with van der Waals surface area (Å²) >= 11 is 0. The largest absolute Gasteiger partial charge is 0.378 e. The number of hydrogen-bond acceptors (Lipinski definition) is 2. The minimum absolute atomic E-state index is 0.00958. The van der Waals surface area contributed by atoms with E-state index in [0.717, 1.165) is 5.56 Å². The molecular weight excluding hydrogens is 216 g/mol. The van der Waals surface area contributed by atoms with Crippen molar-refractivity contribution in [3.8, 4) is 0 Å². The standard InChI is InChI=1S/C13H18N2O2/c1-11(12-5-3-2-4-6-12)14-13(16)15-7-9-17-10-8-15/h2-6,11H,7-10H2,1H3,(H,14,16)/t11-/m0/s1. The van der Waals surface area contributed by atoms with Gasteiger partial charge >= 0.3 is 6.03 Å². The molecule has 1 heterocycles. The molecule has 4 heteroatoms. The lowest BCUT2D eigenvalue weighted by atomic mass is 10.1. The third kappa shape index (κ3) is 3.20. The summed E-state index contributed by atoms with van der Waals surface area (Å²) in [6, 6.07) is 9.99. The zero-order chi connectivity index (χ0) is 12.1. The van der Waals surface area contributed by atoms with Crippen molar-refractivity contribution in [3.63, 3.8) is 0 Å². The van der Waals surface area contributed by atoms with Gasteiger partial charge in [-0.15, -0.1) is 0 Å². The Balaban J connectivity index is 1.89. The van der Waals surface area contributed by atoms with E-state index in [-0.39, 0.29) is 12.1 Å². The van der Waals surface area contributed by atoms with Crippen LogP contribution < -0.4 is 5.32 Å². The fourth-order valence-corrected chi connectivity index (χ4v) is 1.87. The van der Waals surface area contributed by atoms with E-state index in [9.17, 15) is 4.79 Å². The fourth-order valence-electron chi connectivity index (χ4n) is 1.87. The average Bonchev–Trinajstić information content (AvgIpc) is 2.40. The second-order valence-corrected chi connectivity index (χ2v) is 4.18. The van der Waals surface area contributed by atoms with Crippen LogP contribution >= 0.6 is 0 Å². The zero-order valence-electron chi connectivity index (χ0n) is 10.1. The minimum Gasteiger partial charge on any atom is -0.378 e. The Morgan fingerprint density at radius 3 is 2.59 bits per heavy atom. The van der Waals surface area contributed by atoms with Gasteiger partial charge in [0.05, 0.1) is 19.3 Å². The molecule has 4 nitrogen and oxygen atoms in total. The smallest absolute Gasteiger partial charge is 0.318 e. The van der Waals surface area contributed by atoms with E-state index in [0.29, 0.717) is 26.3 Å². The van der Waals surface area contributed by atoms with E-state index in [1.807, 2.05) is 37.3 Å². The summed E-state index contributed by atoms with van der Waals surface area (Å²) < 4.78 is 5.22. The van der Waals surface area contributed by atoms with Gasteiger partial charge in [0.25, 0.3) is 0 Å². The van der Waals surface area contributed by atoms with E-state index >= 15 is 0 Å². The molecule has 1 aromatic carbocycles. The van der Waals surface area contributed by atoms with Crippen LogP contribution in [0.3, 0.4) is 0 Å². The third-order valence-corrected chi connectivity index (χ3v) is 2.94. The van der Waals surface area contributed by atoms with Crippen molar-refractivity contribution in [2.24, 2.45) is 0 Å². The average molecular weight is 234 g/mol. The molecule has 2 rings (SSSR count). The summed E-state index contributed by atoms with van der Waals surface area (Å²) in [5.74, 6) is 0. The minimum atomic E-state index is -0.00958. The first kappa shape index (κ1) is 11.9. The number of urea groups is 1. The van der Waals surface area contributed by atoms with Crippen LogP contribution in [0.25, 0.3) is 0 Å². The molecule has 2 amide bonds. The molecule has 1 atom stereocenters. The Hall–Kier alpha value is -1.55. The van der Waals surface area contributed by atoms with Crippen molar-refractivity contribution in [1.29, 1.82) is 0 Å². The van der Waals surface area contributed by atoms with Gasteiger partial charge in [0.2, 0.25) is 0 Å². The summed E-state index contributed by atoms with van der Waals surface area (Å²) in [5, 5.41) is 3.00. The first-order valence-electron chi connectivity index (χ1n) is 5.95. The molecule has 0 spiro atoms. The first-order valence-corrected chi connectivity index (χ1v) is 5.95. The van der Waals surface area contributed by atoms with Crippen molar-refractivity contribution in [2.75, 3.05) is 26.3 Å². The molecular formula is C13H18N2O2. The number of amides is 2. The molecule has 0 saturated carbocycles. The van der Waals surface area contributed by atoms with Gasteiger partial charge < -0.3 is 15.0 Å². The molecule has 0 unspecified atom stereocenters. The number of carbonyl (C=O) groups excluding carboxylic acids is 1. The van der Waals surface area contributed by atoms with Gasteiger partial charge in [0, 0.05) is 13.1 Å². The van der Waals surface area contributed by atoms with Crippen molar-refractivity contribution in [2.45, 2.75) is 13.0 Å². The quantitative estimate of drug-likeness (QED) is 0.847. The van der Waals surface area contributed by atoms with Gasteiger partial charge in [-0.05, 0) is 12.5 Å². The highest BCUT2D eigenvalue weighted by Gasteiger charge is 2.18. The van der Waals surface area contributed by atoms with Gasteiger partial charge in [-0.2, -0.15) is 0 Å². The van der Waals surface area contributed by atoms with Gasteiger partial charge in [0.15, 0.2) is 0 Å². The number of nitrogens with one attached hydrogen (secondary N) is 1. The highest BCUT2D eigenvalue weighted by atomic mass is 16.5. The van der Waals surface area contributed by atoms with E-state index in [4.69, 9.17) is 4.74 Å². The molecule has 1 N–H and O–H groups in total. The summed E-state index contributed by atoms with van der Waals surface area (Å²) in [6.07, 6.45) is 0. The van der Waals surface area contributed by atoms with Crippen LogP contribution in [0.15, 0.2) is 30.3 Å². The molecule has 92 valence electrons. The number of carbonyl (C=O) groups is 1. The van der Waals surface area contributed by atoms with Crippen LogP contribution in [0.5, 0.6) is 0 Å². The molecule has 1 aliphatic rings. The Morgan fingerprint density at radius 2 is 1.94 bits per heavy atom. The summed E-state index contributed by atoms with van der Waals surface area (Å²) in [7, 11) is 0. The van der Waals surface area contributed by atoms with Crippen LogP contribution in [-0.4, -0.2) is 37.2 Å². The van der Waals surface area contributed by atoms with E-state index in [1.165, 1.54) is 0 Å². The topological polar surface area (TPSA) is 41.6 Å². The molecule has 0 radical (unpaired) electrons. The first-order chi connectivity index (χ1) is 8.27. The predicted octanol–water partition coefficient (Wildman–Crippen LogP) is 1.79. The number of benzene rings is 1. The number of morpholine rings is 1. The third-order valence-electron chi connectivity index (χ3n) is 2.94. The number of nitrogens with zero attached hydrogens (tertiary/aromatic N) is 1. The van der Waals surface area contributed by atoms with Crippen LogP contribution in [0.2, 0.25) is 0 Å². The molecule has 1 fully saturated rings. The molecule has 1 aliphatic heterocycles. The van der Waals surface area contributed by atoms with Crippen LogP contribution in [0.4, 0.5) is 4.79 Å². The van der Waals surface area contributed by atoms with Gasteiger partial charge in [-0.3, -0.25) is 0 Å². The normalized spacial score (nSPS) is 17.6. The Bertz CT molecular complexity index is 361. The van der Waals surface area contributed by atoms with Gasteiger partial charge in [-0.1, -0.05) is 30.3 Å². The fraction of sp³-hybridized carbons (Fsp3) is 0.462. The lowest BCUT2D eigenvalue weighted by molar-refractivity contribution is 0.0526. The van der Waals surface area contributed by atoms with Crippen molar-refractivity contribution < 1.29 is 9.53 Å². The van der Waals surface area contributed by atoms with Crippen LogP contribution in [0, 0.1) is 0 Å². The number of rotatable bonds is 2. The van der Waals surface area contributed by atoms with Crippen molar-refractivity contribution in [1.82, 2.24) is 10.2 Å². The SMILES string of the molecule is C[C@H](NC(=O)N1CCOCC1)c1ccccc1.